The lowest BCUT2D eigenvalue weighted by Crippen LogP contribution is -2.25. The zero-order valence-corrected chi connectivity index (χ0v) is 16.6. The van der Waals surface area contributed by atoms with E-state index in [0.29, 0.717) is 36.3 Å². The molecular weight excluding hydrogens is 385 g/mol. The van der Waals surface area contributed by atoms with E-state index in [2.05, 4.69) is 10.4 Å². The Morgan fingerprint density at radius 1 is 1.41 bits per heavy atom. The van der Waals surface area contributed by atoms with Crippen molar-refractivity contribution in [3.8, 4) is 5.69 Å². The molecule has 1 heterocycles. The maximum absolute atomic E-state index is 13.6. The number of nitrogens with two attached hydrogens (primary N) is 1. The highest BCUT2D eigenvalue weighted by Gasteiger charge is 2.42. The number of aromatic nitrogens is 2. The number of amides is 1. The largest absolute Gasteiger partial charge is 0.435 e. The van der Waals surface area contributed by atoms with E-state index in [0.717, 1.165) is 0 Å². The van der Waals surface area contributed by atoms with Crippen LogP contribution in [0.2, 0.25) is 0 Å². The maximum Gasteiger partial charge on any atom is 0.435 e. The van der Waals surface area contributed by atoms with Crippen LogP contribution in [-0.4, -0.2) is 33.4 Å². The van der Waals surface area contributed by atoms with Gasteiger partial charge in [0.05, 0.1) is 17.9 Å². The minimum absolute atomic E-state index is 0.146. The number of fused-ring (bicyclic) bond motifs is 1. The summed E-state index contributed by atoms with van der Waals surface area (Å²) < 4.78 is 42.1. The van der Waals surface area contributed by atoms with Crippen LogP contribution in [-0.2, 0) is 19.0 Å². The molecule has 1 aliphatic rings. The molecular formula is C20H25F3N4O2. The first-order valence-electron chi connectivity index (χ1n) is 9.42. The van der Waals surface area contributed by atoms with Crippen LogP contribution in [0.4, 0.5) is 18.9 Å². The van der Waals surface area contributed by atoms with Crippen molar-refractivity contribution in [3.63, 3.8) is 0 Å². The standard InChI is InChI=1S/C20H25F3N4O2/c1-11(10-28)25-15-8-12(4-5-13(15)18(24)29)27-16-9-19(2,3)7-6-14(16)17(26-27)20(21,22)23/h4-5,8,11,25,28H,6-7,9-10H2,1-3H3,(H2,24,29). The van der Waals surface area contributed by atoms with Crippen molar-refractivity contribution in [1.29, 1.82) is 0 Å². The summed E-state index contributed by atoms with van der Waals surface area (Å²) in [7, 11) is 0. The number of halogens is 3. The van der Waals surface area contributed by atoms with Gasteiger partial charge in [0, 0.05) is 23.0 Å². The number of primary amides is 1. The van der Waals surface area contributed by atoms with Crippen molar-refractivity contribution in [1.82, 2.24) is 9.78 Å². The third-order valence-electron chi connectivity index (χ3n) is 5.25. The van der Waals surface area contributed by atoms with Gasteiger partial charge in [-0.05, 0) is 49.8 Å². The van der Waals surface area contributed by atoms with Crippen LogP contribution in [0.3, 0.4) is 0 Å². The van der Waals surface area contributed by atoms with E-state index in [9.17, 15) is 23.1 Å². The highest BCUT2D eigenvalue weighted by molar-refractivity contribution is 5.99. The van der Waals surface area contributed by atoms with Crippen molar-refractivity contribution in [2.24, 2.45) is 11.1 Å². The quantitative estimate of drug-likeness (QED) is 0.705. The van der Waals surface area contributed by atoms with Gasteiger partial charge in [0.25, 0.3) is 5.91 Å². The highest BCUT2D eigenvalue weighted by Crippen LogP contribution is 2.42. The van der Waals surface area contributed by atoms with Gasteiger partial charge in [0.15, 0.2) is 5.69 Å². The molecule has 1 unspecified atom stereocenters. The molecule has 0 radical (unpaired) electrons. The number of hydrogen-bond donors (Lipinski definition) is 3. The fourth-order valence-corrected chi connectivity index (χ4v) is 3.69. The molecule has 29 heavy (non-hydrogen) atoms. The number of nitrogens with one attached hydrogen (secondary N) is 1. The second kappa shape index (κ2) is 7.37. The lowest BCUT2D eigenvalue weighted by molar-refractivity contribution is -0.142. The number of carbonyl (C=O) groups excluding carboxylic acids is 1. The van der Waals surface area contributed by atoms with E-state index in [1.54, 1.807) is 13.0 Å². The summed E-state index contributed by atoms with van der Waals surface area (Å²) in [5.41, 5.74) is 6.09. The lowest BCUT2D eigenvalue weighted by Gasteiger charge is -2.30. The average Bonchev–Trinajstić information content (AvgIpc) is 2.99. The van der Waals surface area contributed by atoms with Gasteiger partial charge in [-0.2, -0.15) is 18.3 Å². The molecule has 4 N–H and O–H groups in total. The van der Waals surface area contributed by atoms with E-state index in [4.69, 9.17) is 5.73 Å². The summed E-state index contributed by atoms with van der Waals surface area (Å²) in [6, 6.07) is 4.16. The molecule has 1 aromatic heterocycles. The van der Waals surface area contributed by atoms with Gasteiger partial charge in [0.1, 0.15) is 0 Å². The molecule has 3 rings (SSSR count). The Morgan fingerprint density at radius 2 is 2.10 bits per heavy atom. The molecule has 0 fully saturated rings. The summed E-state index contributed by atoms with van der Waals surface area (Å²) in [4.78, 5) is 11.7. The van der Waals surface area contributed by atoms with Gasteiger partial charge in [-0.1, -0.05) is 13.8 Å². The van der Waals surface area contributed by atoms with E-state index in [1.165, 1.54) is 16.8 Å². The summed E-state index contributed by atoms with van der Waals surface area (Å²) in [6.45, 7) is 5.56. The van der Waals surface area contributed by atoms with Crippen LogP contribution in [0.1, 0.15) is 54.5 Å². The predicted octanol–water partition coefficient (Wildman–Crippen LogP) is 3.30. The Hall–Kier alpha value is -2.55. The summed E-state index contributed by atoms with van der Waals surface area (Å²) in [6.07, 6.45) is -3.13. The fraction of sp³-hybridized carbons (Fsp3) is 0.500. The Morgan fingerprint density at radius 3 is 2.69 bits per heavy atom. The number of alkyl halides is 3. The first-order valence-corrected chi connectivity index (χ1v) is 9.42. The van der Waals surface area contributed by atoms with Crippen LogP contribution >= 0.6 is 0 Å². The molecule has 9 heteroatoms. The van der Waals surface area contributed by atoms with E-state index in [-0.39, 0.29) is 29.2 Å². The number of benzene rings is 1. The van der Waals surface area contributed by atoms with Crippen LogP contribution in [0.25, 0.3) is 5.69 Å². The molecule has 1 aromatic carbocycles. The summed E-state index contributed by atoms with van der Waals surface area (Å²) >= 11 is 0. The molecule has 0 saturated heterocycles. The number of aliphatic hydroxyl groups is 1. The molecule has 0 aliphatic heterocycles. The first kappa shape index (κ1) is 21.2. The number of nitrogens with zero attached hydrogens (tertiary/aromatic N) is 2. The first-order chi connectivity index (χ1) is 13.4. The van der Waals surface area contributed by atoms with Crippen molar-refractivity contribution < 1.29 is 23.1 Å². The zero-order chi connectivity index (χ0) is 21.6. The fourth-order valence-electron chi connectivity index (χ4n) is 3.69. The normalized spacial score (nSPS) is 16.9. The smallest absolute Gasteiger partial charge is 0.394 e. The molecule has 2 aromatic rings. The second-order valence-corrected chi connectivity index (χ2v) is 8.35. The Balaban J connectivity index is 2.17. The third-order valence-corrected chi connectivity index (χ3v) is 5.25. The number of rotatable bonds is 5. The van der Waals surface area contributed by atoms with E-state index < -0.39 is 17.8 Å². The SMILES string of the molecule is CC(CO)Nc1cc(-n2nc(C(F)(F)F)c3c2CC(C)(C)CC3)ccc1C(N)=O. The zero-order valence-electron chi connectivity index (χ0n) is 16.6. The Kier molecular flexibility index (Phi) is 5.38. The van der Waals surface area contributed by atoms with Crippen molar-refractivity contribution in [2.45, 2.75) is 52.3 Å². The molecule has 0 saturated carbocycles. The minimum atomic E-state index is -4.55. The lowest BCUT2D eigenvalue weighted by atomic mass is 9.76. The number of carbonyl (C=O) groups is 1. The minimum Gasteiger partial charge on any atom is -0.394 e. The molecule has 158 valence electrons. The van der Waals surface area contributed by atoms with E-state index >= 15 is 0 Å². The Bertz CT molecular complexity index is 935. The number of aliphatic hydroxyl groups excluding tert-OH is 1. The molecule has 0 bridgehead atoms. The van der Waals surface area contributed by atoms with Crippen molar-refractivity contribution in [3.05, 3.63) is 40.7 Å². The van der Waals surface area contributed by atoms with Gasteiger partial charge in [-0.15, -0.1) is 0 Å². The van der Waals surface area contributed by atoms with Gasteiger partial charge in [-0.25, -0.2) is 4.68 Å². The summed E-state index contributed by atoms with van der Waals surface area (Å²) in [5.74, 6) is -0.677. The molecule has 1 atom stereocenters. The van der Waals surface area contributed by atoms with Crippen LogP contribution < -0.4 is 11.1 Å². The van der Waals surface area contributed by atoms with Crippen LogP contribution in [0.5, 0.6) is 0 Å². The van der Waals surface area contributed by atoms with Crippen LogP contribution in [0, 0.1) is 5.41 Å². The van der Waals surface area contributed by atoms with Gasteiger partial charge in [-0.3, -0.25) is 4.79 Å². The van der Waals surface area contributed by atoms with E-state index in [1.807, 2.05) is 13.8 Å². The average molecular weight is 410 g/mol. The summed E-state index contributed by atoms with van der Waals surface area (Å²) in [5, 5.41) is 16.2. The van der Waals surface area contributed by atoms with Gasteiger partial charge in [0.2, 0.25) is 0 Å². The maximum atomic E-state index is 13.6. The van der Waals surface area contributed by atoms with Gasteiger partial charge >= 0.3 is 6.18 Å². The third kappa shape index (κ3) is 4.24. The van der Waals surface area contributed by atoms with Gasteiger partial charge < -0.3 is 16.2 Å². The predicted molar refractivity (Wildman–Crippen MR) is 103 cm³/mol. The Labute approximate surface area is 166 Å². The topological polar surface area (TPSA) is 93.2 Å². The highest BCUT2D eigenvalue weighted by atomic mass is 19.4. The monoisotopic (exact) mass is 410 g/mol. The second-order valence-electron chi connectivity index (χ2n) is 8.35. The molecule has 6 nitrogen and oxygen atoms in total. The molecule has 1 amide bonds. The number of anilines is 1. The van der Waals surface area contributed by atoms with Crippen LogP contribution in [0.15, 0.2) is 18.2 Å². The van der Waals surface area contributed by atoms with Crippen molar-refractivity contribution in [2.75, 3.05) is 11.9 Å². The molecule has 0 spiro atoms. The van der Waals surface area contributed by atoms with Crippen molar-refractivity contribution >= 4 is 11.6 Å². The molecule has 1 aliphatic carbocycles. The number of hydrogen-bond acceptors (Lipinski definition) is 4.